The van der Waals surface area contributed by atoms with E-state index in [9.17, 15) is 14.7 Å². The van der Waals surface area contributed by atoms with Gasteiger partial charge in [-0.2, -0.15) is 11.3 Å². The van der Waals surface area contributed by atoms with Gasteiger partial charge in [0.1, 0.15) is 5.54 Å². The molecule has 1 atom stereocenters. The van der Waals surface area contributed by atoms with Crippen molar-refractivity contribution in [2.75, 3.05) is 7.05 Å². The molecule has 29 heavy (non-hydrogen) atoms. The van der Waals surface area contributed by atoms with E-state index in [1.807, 2.05) is 49.6 Å². The summed E-state index contributed by atoms with van der Waals surface area (Å²) in [6.45, 7) is 5.45. The van der Waals surface area contributed by atoms with Crippen molar-refractivity contribution in [2.45, 2.75) is 32.7 Å². The SMILES string of the molecule is Cc1cc(C)cc(C(=O)N(C)[C@@](C)(Cc2ccc(-c3ccsc3)cc2)C(=O)O)c1. The van der Waals surface area contributed by atoms with E-state index < -0.39 is 11.5 Å². The molecule has 3 rings (SSSR count). The second-order valence-corrected chi connectivity index (χ2v) is 8.49. The Morgan fingerprint density at radius 2 is 1.62 bits per heavy atom. The van der Waals surface area contributed by atoms with Gasteiger partial charge in [0.15, 0.2) is 0 Å². The van der Waals surface area contributed by atoms with E-state index in [0.29, 0.717) is 5.56 Å². The molecule has 2 aromatic carbocycles. The van der Waals surface area contributed by atoms with Gasteiger partial charge in [-0.1, -0.05) is 41.5 Å². The van der Waals surface area contributed by atoms with Crippen LogP contribution in [0.3, 0.4) is 0 Å². The van der Waals surface area contributed by atoms with Crippen LogP contribution < -0.4 is 0 Å². The van der Waals surface area contributed by atoms with Crippen LogP contribution in [0.5, 0.6) is 0 Å². The number of aryl methyl sites for hydroxylation is 2. The largest absolute Gasteiger partial charge is 0.479 e. The van der Waals surface area contributed by atoms with Gasteiger partial charge in [-0.15, -0.1) is 0 Å². The predicted octanol–water partition coefficient (Wildman–Crippen LogP) is 5.19. The molecule has 0 bridgehead atoms. The van der Waals surface area contributed by atoms with Crippen molar-refractivity contribution in [3.63, 3.8) is 0 Å². The molecule has 1 N–H and O–H groups in total. The van der Waals surface area contributed by atoms with Gasteiger partial charge in [0.05, 0.1) is 0 Å². The van der Waals surface area contributed by atoms with Crippen LogP contribution >= 0.6 is 11.3 Å². The lowest BCUT2D eigenvalue weighted by Crippen LogP contribution is -2.54. The molecule has 1 heterocycles. The summed E-state index contributed by atoms with van der Waals surface area (Å²) in [4.78, 5) is 26.6. The number of hydrogen-bond acceptors (Lipinski definition) is 3. The highest BCUT2D eigenvalue weighted by molar-refractivity contribution is 7.08. The van der Waals surface area contributed by atoms with Gasteiger partial charge in [0.25, 0.3) is 5.91 Å². The molecule has 0 unspecified atom stereocenters. The lowest BCUT2D eigenvalue weighted by Gasteiger charge is -2.35. The Hall–Kier alpha value is -2.92. The Bertz CT molecular complexity index is 1000. The molecule has 150 valence electrons. The van der Waals surface area contributed by atoms with Gasteiger partial charge >= 0.3 is 5.97 Å². The number of carbonyl (C=O) groups is 2. The van der Waals surface area contributed by atoms with E-state index in [0.717, 1.165) is 27.8 Å². The third kappa shape index (κ3) is 4.40. The van der Waals surface area contributed by atoms with Gasteiger partial charge in [0, 0.05) is 19.0 Å². The van der Waals surface area contributed by atoms with Crippen LogP contribution in [0.25, 0.3) is 11.1 Å². The molecular weight excluding hydrogens is 382 g/mol. The first-order chi connectivity index (χ1) is 13.7. The van der Waals surface area contributed by atoms with E-state index in [-0.39, 0.29) is 12.3 Å². The maximum atomic E-state index is 13.1. The van der Waals surface area contributed by atoms with Gasteiger partial charge in [-0.25, -0.2) is 4.79 Å². The fourth-order valence-electron chi connectivity index (χ4n) is 3.49. The Balaban J connectivity index is 1.86. The number of aliphatic carboxylic acids is 1. The minimum Gasteiger partial charge on any atom is -0.479 e. The topological polar surface area (TPSA) is 57.6 Å². The van der Waals surface area contributed by atoms with Crippen LogP contribution in [0, 0.1) is 13.8 Å². The minimum absolute atomic E-state index is 0.222. The summed E-state index contributed by atoms with van der Waals surface area (Å²) in [7, 11) is 1.56. The third-order valence-electron chi connectivity index (χ3n) is 5.33. The van der Waals surface area contributed by atoms with Crippen molar-refractivity contribution in [3.05, 3.63) is 81.5 Å². The highest BCUT2D eigenvalue weighted by atomic mass is 32.1. The molecule has 4 nitrogen and oxygen atoms in total. The molecule has 1 amide bonds. The van der Waals surface area contributed by atoms with Gasteiger partial charge in [-0.3, -0.25) is 4.79 Å². The Labute approximate surface area is 175 Å². The van der Waals surface area contributed by atoms with Crippen LogP contribution in [-0.4, -0.2) is 34.5 Å². The van der Waals surface area contributed by atoms with E-state index in [1.165, 1.54) is 4.90 Å². The predicted molar refractivity (Wildman–Crippen MR) is 118 cm³/mol. The molecule has 0 saturated carbocycles. The van der Waals surface area contributed by atoms with Crippen LogP contribution in [0.2, 0.25) is 0 Å². The number of hydrogen-bond donors (Lipinski definition) is 1. The molecule has 5 heteroatoms. The normalized spacial score (nSPS) is 13.0. The quantitative estimate of drug-likeness (QED) is 0.612. The van der Waals surface area contributed by atoms with Crippen LogP contribution in [0.1, 0.15) is 34.0 Å². The maximum Gasteiger partial charge on any atom is 0.329 e. The number of carboxylic acids is 1. The number of likely N-dealkylation sites (N-methyl/N-ethyl adjacent to an activating group) is 1. The van der Waals surface area contributed by atoms with Crippen molar-refractivity contribution < 1.29 is 14.7 Å². The molecule has 1 aromatic heterocycles. The number of nitrogens with zero attached hydrogens (tertiary/aromatic N) is 1. The van der Waals surface area contributed by atoms with Crippen molar-refractivity contribution >= 4 is 23.2 Å². The van der Waals surface area contributed by atoms with Crippen LogP contribution in [0.4, 0.5) is 0 Å². The van der Waals surface area contributed by atoms with Gasteiger partial charge in [0.2, 0.25) is 0 Å². The zero-order valence-corrected chi connectivity index (χ0v) is 17.9. The molecule has 0 aliphatic heterocycles. The monoisotopic (exact) mass is 407 g/mol. The van der Waals surface area contributed by atoms with Crippen molar-refractivity contribution in [2.24, 2.45) is 0 Å². The average Bonchev–Trinajstić information content (AvgIpc) is 3.21. The molecule has 0 aliphatic rings. The standard InChI is InChI=1S/C24H25NO3S/c1-16-11-17(2)13-21(12-16)22(26)25(4)24(3,23(27)28)14-18-5-7-19(8-6-18)20-9-10-29-15-20/h5-13,15H,14H2,1-4H3,(H,27,28)/t24-/m0/s1. The lowest BCUT2D eigenvalue weighted by molar-refractivity contribution is -0.148. The van der Waals surface area contributed by atoms with Crippen LogP contribution in [-0.2, 0) is 11.2 Å². The van der Waals surface area contributed by atoms with Crippen molar-refractivity contribution in [3.8, 4) is 11.1 Å². The first-order valence-corrected chi connectivity index (χ1v) is 10.4. The van der Waals surface area contributed by atoms with Crippen molar-refractivity contribution in [1.82, 2.24) is 4.90 Å². The summed E-state index contributed by atoms with van der Waals surface area (Å²) in [5, 5.41) is 14.1. The first kappa shape index (κ1) is 20.8. The number of carbonyl (C=O) groups excluding carboxylic acids is 1. The minimum atomic E-state index is -1.36. The molecule has 0 fully saturated rings. The highest BCUT2D eigenvalue weighted by Crippen LogP contribution is 2.26. The second kappa shape index (κ2) is 8.21. The third-order valence-corrected chi connectivity index (χ3v) is 6.01. The van der Waals surface area contributed by atoms with Crippen molar-refractivity contribution in [1.29, 1.82) is 0 Å². The van der Waals surface area contributed by atoms with E-state index in [2.05, 4.69) is 11.4 Å². The number of carboxylic acid groups (broad SMARTS) is 1. The number of amides is 1. The zero-order chi connectivity index (χ0) is 21.2. The first-order valence-electron chi connectivity index (χ1n) is 9.42. The molecule has 0 saturated heterocycles. The number of benzene rings is 2. The summed E-state index contributed by atoms with van der Waals surface area (Å²) in [5.41, 5.74) is 4.19. The molecule has 3 aromatic rings. The highest BCUT2D eigenvalue weighted by Gasteiger charge is 2.40. The fraction of sp³-hybridized carbons (Fsp3) is 0.250. The Morgan fingerprint density at radius 3 is 2.14 bits per heavy atom. The molecule has 0 aliphatic carbocycles. The molecule has 0 spiro atoms. The van der Waals surface area contributed by atoms with E-state index in [4.69, 9.17) is 0 Å². The fourth-order valence-corrected chi connectivity index (χ4v) is 4.16. The summed E-state index contributed by atoms with van der Waals surface area (Å²) < 4.78 is 0. The van der Waals surface area contributed by atoms with Crippen LogP contribution in [0.15, 0.2) is 59.3 Å². The summed E-state index contributed by atoms with van der Waals surface area (Å²) >= 11 is 1.64. The van der Waals surface area contributed by atoms with E-state index >= 15 is 0 Å². The molecular formula is C24H25NO3S. The number of thiophene rings is 1. The number of rotatable bonds is 6. The molecule has 0 radical (unpaired) electrons. The summed E-state index contributed by atoms with van der Waals surface area (Å²) in [6.07, 6.45) is 0.222. The Morgan fingerprint density at radius 1 is 1.00 bits per heavy atom. The Kier molecular flexibility index (Phi) is 5.89. The zero-order valence-electron chi connectivity index (χ0n) is 17.1. The summed E-state index contributed by atoms with van der Waals surface area (Å²) in [5.74, 6) is -1.32. The van der Waals surface area contributed by atoms with Gasteiger partial charge in [-0.05, 0) is 66.4 Å². The average molecular weight is 408 g/mol. The second-order valence-electron chi connectivity index (χ2n) is 7.71. The summed E-state index contributed by atoms with van der Waals surface area (Å²) in [6, 6.07) is 15.5. The maximum absolute atomic E-state index is 13.1. The smallest absolute Gasteiger partial charge is 0.329 e. The van der Waals surface area contributed by atoms with Gasteiger partial charge < -0.3 is 10.0 Å². The lowest BCUT2D eigenvalue weighted by atomic mass is 9.89. The van der Waals surface area contributed by atoms with E-state index in [1.54, 1.807) is 37.4 Å².